The van der Waals surface area contributed by atoms with Gasteiger partial charge < -0.3 is 14.9 Å². The number of aliphatic hydroxyl groups excluding tert-OH is 2. The van der Waals surface area contributed by atoms with Gasteiger partial charge >= 0.3 is 11.9 Å². The highest BCUT2D eigenvalue weighted by atomic mass is 16.6. The van der Waals surface area contributed by atoms with Crippen LogP contribution in [0.2, 0.25) is 0 Å². The fraction of sp³-hybridized carbons (Fsp3) is 0.250. The normalized spacial score (nSPS) is 19.2. The molecule has 44 valence electrons. The third-order valence-electron chi connectivity index (χ3n) is 0.769. The Morgan fingerprint density at radius 1 is 1.50 bits per heavy atom. The Morgan fingerprint density at radius 3 is 2.25 bits per heavy atom. The van der Waals surface area contributed by atoms with Crippen molar-refractivity contribution < 1.29 is 19.7 Å². The Hall–Kier alpha value is -1.19. The monoisotopic (exact) mass is 116 g/mol. The van der Waals surface area contributed by atoms with Crippen LogP contribution in [0.5, 0.6) is 0 Å². The van der Waals surface area contributed by atoms with Gasteiger partial charge in [0.2, 0.25) is 0 Å². The van der Waals surface area contributed by atoms with Crippen molar-refractivity contribution in [2.45, 2.75) is 6.42 Å². The SMILES string of the molecule is O=C1CC(O)=C(O)O1. The molecule has 0 fully saturated rings. The van der Waals surface area contributed by atoms with Gasteiger partial charge in [0, 0.05) is 0 Å². The van der Waals surface area contributed by atoms with Gasteiger partial charge in [-0.2, -0.15) is 0 Å². The lowest BCUT2D eigenvalue weighted by Gasteiger charge is -1.86. The summed E-state index contributed by atoms with van der Waals surface area (Å²) in [4.78, 5) is 10.1. The summed E-state index contributed by atoms with van der Waals surface area (Å²) in [5, 5.41) is 16.8. The highest BCUT2D eigenvalue weighted by Crippen LogP contribution is 2.13. The second kappa shape index (κ2) is 1.40. The lowest BCUT2D eigenvalue weighted by molar-refractivity contribution is -0.139. The lowest BCUT2D eigenvalue weighted by Crippen LogP contribution is -1.92. The summed E-state index contributed by atoms with van der Waals surface area (Å²) in [5.41, 5.74) is 0. The van der Waals surface area contributed by atoms with Crippen molar-refractivity contribution in [1.29, 1.82) is 0 Å². The third kappa shape index (κ3) is 0.598. The smallest absolute Gasteiger partial charge is 0.324 e. The van der Waals surface area contributed by atoms with Crippen LogP contribution < -0.4 is 0 Å². The van der Waals surface area contributed by atoms with E-state index in [1.807, 2.05) is 0 Å². The molecule has 0 atom stereocenters. The molecular formula is C4H4O4. The van der Waals surface area contributed by atoms with Crippen LogP contribution in [0.1, 0.15) is 6.42 Å². The van der Waals surface area contributed by atoms with Crippen LogP contribution in [0.15, 0.2) is 11.7 Å². The number of ether oxygens (including phenoxy) is 1. The first-order valence-electron chi connectivity index (χ1n) is 2.02. The fourth-order valence-corrected chi connectivity index (χ4v) is 0.415. The largest absolute Gasteiger partial charge is 0.505 e. The average molecular weight is 116 g/mol. The second-order valence-electron chi connectivity index (χ2n) is 1.40. The molecule has 0 bridgehead atoms. The molecule has 0 aromatic carbocycles. The Kier molecular flexibility index (Phi) is 0.865. The van der Waals surface area contributed by atoms with E-state index in [1.165, 1.54) is 0 Å². The molecule has 0 spiro atoms. The van der Waals surface area contributed by atoms with Crippen molar-refractivity contribution in [1.82, 2.24) is 0 Å². The number of carbonyl (C=O) groups is 1. The maximum absolute atomic E-state index is 10.1. The molecule has 1 rings (SSSR count). The van der Waals surface area contributed by atoms with E-state index >= 15 is 0 Å². The third-order valence-corrected chi connectivity index (χ3v) is 0.769. The first-order chi connectivity index (χ1) is 3.70. The predicted molar refractivity (Wildman–Crippen MR) is 23.0 cm³/mol. The van der Waals surface area contributed by atoms with E-state index in [1.54, 1.807) is 0 Å². The number of hydrogen-bond donors (Lipinski definition) is 2. The van der Waals surface area contributed by atoms with Crippen LogP contribution in [0.3, 0.4) is 0 Å². The number of aliphatic hydroxyl groups is 2. The fourth-order valence-electron chi connectivity index (χ4n) is 0.415. The van der Waals surface area contributed by atoms with E-state index < -0.39 is 17.7 Å². The van der Waals surface area contributed by atoms with Gasteiger partial charge in [-0.1, -0.05) is 0 Å². The van der Waals surface area contributed by atoms with Crippen LogP contribution in [0.4, 0.5) is 0 Å². The van der Waals surface area contributed by atoms with Crippen molar-refractivity contribution in [2.24, 2.45) is 0 Å². The molecule has 0 unspecified atom stereocenters. The molecule has 1 aliphatic heterocycles. The van der Waals surface area contributed by atoms with Gasteiger partial charge in [-0.05, 0) is 0 Å². The molecule has 0 aromatic rings. The number of cyclic esters (lactones) is 1. The zero-order chi connectivity index (χ0) is 6.15. The average Bonchev–Trinajstić information content (AvgIpc) is 1.85. The molecule has 0 aliphatic carbocycles. The van der Waals surface area contributed by atoms with E-state index in [0.29, 0.717) is 0 Å². The summed E-state index contributed by atoms with van der Waals surface area (Å²) in [6, 6.07) is 0. The Morgan fingerprint density at radius 2 is 2.12 bits per heavy atom. The summed E-state index contributed by atoms with van der Waals surface area (Å²) in [6.07, 6.45) is -0.216. The zero-order valence-corrected chi connectivity index (χ0v) is 3.92. The highest BCUT2D eigenvalue weighted by Gasteiger charge is 2.21. The molecule has 0 saturated heterocycles. The summed E-state index contributed by atoms with van der Waals surface area (Å²) in [5.74, 6) is -1.69. The molecule has 0 radical (unpaired) electrons. The van der Waals surface area contributed by atoms with Gasteiger partial charge in [0.1, 0.15) is 6.42 Å². The maximum atomic E-state index is 10.1. The van der Waals surface area contributed by atoms with Crippen LogP contribution >= 0.6 is 0 Å². The van der Waals surface area contributed by atoms with Crippen LogP contribution in [0, 0.1) is 0 Å². The maximum Gasteiger partial charge on any atom is 0.324 e. The lowest BCUT2D eigenvalue weighted by atomic mass is 10.4. The summed E-state index contributed by atoms with van der Waals surface area (Å²) in [6.45, 7) is 0. The van der Waals surface area contributed by atoms with Crippen LogP contribution in [0.25, 0.3) is 0 Å². The number of carbonyl (C=O) groups excluding carboxylic acids is 1. The van der Waals surface area contributed by atoms with E-state index in [2.05, 4.69) is 4.74 Å². The van der Waals surface area contributed by atoms with Crippen molar-refractivity contribution in [3.05, 3.63) is 11.7 Å². The molecule has 4 nitrogen and oxygen atoms in total. The zero-order valence-electron chi connectivity index (χ0n) is 3.92. The predicted octanol–water partition coefficient (Wildman–Crippen LogP) is 0.218. The van der Waals surface area contributed by atoms with Gasteiger partial charge in [0.15, 0.2) is 5.76 Å². The highest BCUT2D eigenvalue weighted by molar-refractivity contribution is 5.75. The van der Waals surface area contributed by atoms with Gasteiger partial charge in [0.05, 0.1) is 0 Å². The van der Waals surface area contributed by atoms with Gasteiger partial charge in [0.25, 0.3) is 0 Å². The number of hydrogen-bond acceptors (Lipinski definition) is 4. The molecule has 0 aromatic heterocycles. The molecule has 1 heterocycles. The minimum Gasteiger partial charge on any atom is -0.505 e. The first kappa shape index (κ1) is 4.96. The van der Waals surface area contributed by atoms with Gasteiger partial charge in [-0.15, -0.1) is 0 Å². The molecule has 1 aliphatic rings. The van der Waals surface area contributed by atoms with Crippen molar-refractivity contribution in [3.8, 4) is 0 Å². The summed E-state index contributed by atoms with van der Waals surface area (Å²) >= 11 is 0. The summed E-state index contributed by atoms with van der Waals surface area (Å²) in [7, 11) is 0. The molecular weight excluding hydrogens is 112 g/mol. The van der Waals surface area contributed by atoms with Gasteiger partial charge in [-0.3, -0.25) is 4.79 Å². The van der Waals surface area contributed by atoms with Crippen molar-refractivity contribution in [2.75, 3.05) is 0 Å². The molecule has 8 heavy (non-hydrogen) atoms. The van der Waals surface area contributed by atoms with Crippen LogP contribution in [-0.2, 0) is 9.53 Å². The number of esters is 1. The Labute approximate surface area is 45.0 Å². The molecule has 2 N–H and O–H groups in total. The standard InChI is InChI=1S/C4H4O4/c5-2-1-3(6)8-4(2)7/h5,7H,1H2. The van der Waals surface area contributed by atoms with E-state index in [9.17, 15) is 4.79 Å². The van der Waals surface area contributed by atoms with E-state index in [4.69, 9.17) is 10.2 Å². The Bertz CT molecular complexity index is 141. The quantitative estimate of drug-likeness (QED) is 0.444. The van der Waals surface area contributed by atoms with Crippen molar-refractivity contribution in [3.63, 3.8) is 0 Å². The minimum atomic E-state index is -0.671. The summed E-state index contributed by atoms with van der Waals surface area (Å²) < 4.78 is 4.02. The first-order valence-corrected chi connectivity index (χ1v) is 2.02. The van der Waals surface area contributed by atoms with Crippen molar-refractivity contribution >= 4 is 5.97 Å². The second-order valence-corrected chi connectivity index (χ2v) is 1.40. The van der Waals surface area contributed by atoms with Crippen LogP contribution in [-0.4, -0.2) is 16.2 Å². The van der Waals surface area contributed by atoms with E-state index in [-0.39, 0.29) is 6.42 Å². The minimum absolute atomic E-state index is 0.216. The molecule has 4 heteroatoms. The van der Waals surface area contributed by atoms with Gasteiger partial charge in [-0.25, -0.2) is 0 Å². The molecule has 0 saturated carbocycles. The Balaban J connectivity index is 2.73. The molecule has 0 amide bonds. The topological polar surface area (TPSA) is 66.8 Å². The number of rotatable bonds is 0. The van der Waals surface area contributed by atoms with E-state index in [0.717, 1.165) is 0 Å².